The smallest absolute Gasteiger partial charge is 0.271 e. The molecule has 7 heteroatoms. The molecule has 0 bridgehead atoms. The Kier molecular flexibility index (Phi) is 5.51. The van der Waals surface area contributed by atoms with Gasteiger partial charge in [0.2, 0.25) is 0 Å². The van der Waals surface area contributed by atoms with Gasteiger partial charge in [0.1, 0.15) is 11.6 Å². The molecule has 0 aromatic heterocycles. The van der Waals surface area contributed by atoms with Crippen LogP contribution in [0.1, 0.15) is 15.9 Å². The third kappa shape index (κ3) is 4.37. The highest BCUT2D eigenvalue weighted by atomic mass is 127. The molecule has 0 saturated heterocycles. The largest absolute Gasteiger partial charge is 0.506 e. The van der Waals surface area contributed by atoms with Gasteiger partial charge in [0.15, 0.2) is 0 Å². The monoisotopic (exact) mass is 510 g/mol. The van der Waals surface area contributed by atoms with Crippen molar-refractivity contribution in [2.45, 2.75) is 0 Å². The second-order valence-electron chi connectivity index (χ2n) is 4.03. The summed E-state index contributed by atoms with van der Waals surface area (Å²) in [6, 6.07) is 8.70. The van der Waals surface area contributed by atoms with Crippen LogP contribution in [0.15, 0.2) is 41.5 Å². The highest BCUT2D eigenvalue weighted by Crippen LogP contribution is 2.25. The van der Waals surface area contributed by atoms with Crippen molar-refractivity contribution in [2.75, 3.05) is 0 Å². The van der Waals surface area contributed by atoms with Crippen molar-refractivity contribution in [3.8, 4) is 5.75 Å². The minimum atomic E-state index is -0.453. The Labute approximate surface area is 147 Å². The lowest BCUT2D eigenvalue weighted by molar-refractivity contribution is 0.0955. The Morgan fingerprint density at radius 2 is 1.90 bits per heavy atom. The fourth-order valence-corrected chi connectivity index (χ4v) is 3.40. The molecule has 0 fully saturated rings. The topological polar surface area (TPSA) is 61.7 Å². The third-order valence-electron chi connectivity index (χ3n) is 2.53. The number of hydrazone groups is 1. The first-order valence-corrected chi connectivity index (χ1v) is 7.90. The summed E-state index contributed by atoms with van der Waals surface area (Å²) in [5, 5.41) is 13.7. The van der Waals surface area contributed by atoms with E-state index in [-0.39, 0.29) is 5.75 Å². The number of benzene rings is 2. The number of carbonyl (C=O) groups excluding carboxylic acids is 1. The Hall–Kier alpha value is -1.23. The van der Waals surface area contributed by atoms with E-state index in [9.17, 15) is 14.3 Å². The second-order valence-corrected chi connectivity index (χ2v) is 6.44. The minimum absolute atomic E-state index is 0.107. The Balaban J connectivity index is 2.09. The van der Waals surface area contributed by atoms with Gasteiger partial charge in [0, 0.05) is 14.7 Å². The van der Waals surface area contributed by atoms with Crippen LogP contribution in [0.5, 0.6) is 5.75 Å². The molecule has 1 amide bonds. The molecule has 0 heterocycles. The van der Waals surface area contributed by atoms with Gasteiger partial charge in [0.05, 0.1) is 9.78 Å². The van der Waals surface area contributed by atoms with Gasteiger partial charge in [-0.1, -0.05) is 0 Å². The summed E-state index contributed by atoms with van der Waals surface area (Å²) in [7, 11) is 0. The summed E-state index contributed by atoms with van der Waals surface area (Å²) >= 11 is 4.14. The highest BCUT2D eigenvalue weighted by molar-refractivity contribution is 14.1. The van der Waals surface area contributed by atoms with E-state index in [1.165, 1.54) is 30.5 Å². The van der Waals surface area contributed by atoms with Crippen LogP contribution in [0, 0.1) is 13.0 Å². The lowest BCUT2D eigenvalue weighted by atomic mass is 10.2. The number of hydrogen-bond acceptors (Lipinski definition) is 3. The molecule has 0 spiro atoms. The van der Waals surface area contributed by atoms with Crippen molar-refractivity contribution in [1.29, 1.82) is 0 Å². The van der Waals surface area contributed by atoms with E-state index >= 15 is 0 Å². The van der Waals surface area contributed by atoms with Crippen molar-refractivity contribution >= 4 is 57.3 Å². The van der Waals surface area contributed by atoms with Gasteiger partial charge in [-0.15, -0.1) is 0 Å². The molecule has 2 N–H and O–H groups in total. The van der Waals surface area contributed by atoms with E-state index in [4.69, 9.17) is 0 Å². The molecule has 2 rings (SSSR count). The molecular weight excluding hydrogens is 501 g/mol. The standard InChI is InChI=1S/C14H9FI2N2O2/c15-10-3-1-8(2-4-10)14(21)19-18-7-9-5-11(16)6-12(17)13(9)20/h1-7,20H,(H,19,21)/b18-7-. The maximum absolute atomic E-state index is 12.8. The van der Waals surface area contributed by atoms with Gasteiger partial charge in [-0.25, -0.2) is 9.82 Å². The van der Waals surface area contributed by atoms with Crippen LogP contribution in [-0.2, 0) is 0 Å². The maximum Gasteiger partial charge on any atom is 0.271 e. The van der Waals surface area contributed by atoms with Crippen LogP contribution in [0.3, 0.4) is 0 Å². The van der Waals surface area contributed by atoms with Crippen LogP contribution in [0.25, 0.3) is 0 Å². The Bertz CT molecular complexity index is 703. The first-order valence-electron chi connectivity index (χ1n) is 5.74. The van der Waals surface area contributed by atoms with E-state index in [1.807, 2.05) is 28.7 Å². The SMILES string of the molecule is O=C(N/N=C\c1cc(I)cc(I)c1O)c1ccc(F)cc1. The van der Waals surface area contributed by atoms with Crippen molar-refractivity contribution in [1.82, 2.24) is 5.43 Å². The minimum Gasteiger partial charge on any atom is -0.506 e. The van der Waals surface area contributed by atoms with Crippen molar-refractivity contribution in [2.24, 2.45) is 5.10 Å². The molecule has 2 aromatic rings. The van der Waals surface area contributed by atoms with E-state index < -0.39 is 11.7 Å². The van der Waals surface area contributed by atoms with Crippen molar-refractivity contribution < 1.29 is 14.3 Å². The molecule has 0 atom stereocenters. The van der Waals surface area contributed by atoms with Gasteiger partial charge in [0.25, 0.3) is 5.91 Å². The zero-order chi connectivity index (χ0) is 15.4. The summed E-state index contributed by atoms with van der Waals surface area (Å²) in [4.78, 5) is 11.8. The van der Waals surface area contributed by atoms with Gasteiger partial charge >= 0.3 is 0 Å². The van der Waals surface area contributed by atoms with E-state index in [1.54, 1.807) is 6.07 Å². The second kappa shape index (κ2) is 7.16. The van der Waals surface area contributed by atoms with Crippen molar-refractivity contribution in [3.63, 3.8) is 0 Å². The third-order valence-corrected chi connectivity index (χ3v) is 3.98. The number of carbonyl (C=O) groups is 1. The maximum atomic E-state index is 12.8. The number of aromatic hydroxyl groups is 1. The number of nitrogens with one attached hydrogen (secondary N) is 1. The van der Waals surface area contributed by atoms with Gasteiger partial charge in [-0.2, -0.15) is 5.10 Å². The number of amides is 1. The lowest BCUT2D eigenvalue weighted by Crippen LogP contribution is -2.17. The number of hydrogen-bond donors (Lipinski definition) is 2. The fourth-order valence-electron chi connectivity index (χ4n) is 1.51. The molecule has 0 aliphatic heterocycles. The quantitative estimate of drug-likeness (QED) is 0.378. The number of nitrogens with zero attached hydrogens (tertiary/aromatic N) is 1. The lowest BCUT2D eigenvalue weighted by Gasteiger charge is -2.03. The van der Waals surface area contributed by atoms with E-state index in [0.717, 1.165) is 3.57 Å². The molecule has 2 aromatic carbocycles. The first kappa shape index (κ1) is 16.1. The summed E-state index contributed by atoms with van der Waals surface area (Å²) in [6.07, 6.45) is 1.36. The van der Waals surface area contributed by atoms with Crippen molar-refractivity contribution in [3.05, 3.63) is 60.5 Å². The van der Waals surface area contributed by atoms with Gasteiger partial charge < -0.3 is 5.11 Å². The van der Waals surface area contributed by atoms with Crippen LogP contribution >= 0.6 is 45.2 Å². The molecular formula is C14H9FI2N2O2. The summed E-state index contributed by atoms with van der Waals surface area (Å²) < 4.78 is 14.4. The number of halogens is 3. The predicted octanol–water partition coefficient (Wildman–Crippen LogP) is 3.50. The summed E-state index contributed by atoms with van der Waals surface area (Å²) in [5.74, 6) is -0.754. The molecule has 0 aliphatic rings. The van der Waals surface area contributed by atoms with Gasteiger partial charge in [-0.3, -0.25) is 4.79 Å². The Morgan fingerprint density at radius 3 is 2.57 bits per heavy atom. The fraction of sp³-hybridized carbons (Fsp3) is 0. The number of phenolic OH excluding ortho intramolecular Hbond substituents is 1. The zero-order valence-corrected chi connectivity index (χ0v) is 14.8. The molecule has 0 radical (unpaired) electrons. The molecule has 4 nitrogen and oxygen atoms in total. The van der Waals surface area contributed by atoms with Crippen LogP contribution in [0.4, 0.5) is 4.39 Å². The summed E-state index contributed by atoms with van der Waals surface area (Å²) in [5.41, 5.74) is 3.13. The highest BCUT2D eigenvalue weighted by Gasteiger charge is 2.06. The number of phenols is 1. The van der Waals surface area contributed by atoms with Gasteiger partial charge in [-0.05, 0) is 81.6 Å². The van der Waals surface area contributed by atoms with E-state index in [0.29, 0.717) is 14.7 Å². The predicted molar refractivity (Wildman–Crippen MR) is 95.0 cm³/mol. The molecule has 0 saturated carbocycles. The molecule has 0 aliphatic carbocycles. The normalized spacial score (nSPS) is 10.8. The average Bonchev–Trinajstić information content (AvgIpc) is 2.44. The van der Waals surface area contributed by atoms with Crippen LogP contribution < -0.4 is 5.43 Å². The zero-order valence-electron chi connectivity index (χ0n) is 10.5. The molecule has 21 heavy (non-hydrogen) atoms. The number of rotatable bonds is 3. The average molecular weight is 510 g/mol. The van der Waals surface area contributed by atoms with Crippen LogP contribution in [-0.4, -0.2) is 17.2 Å². The first-order chi connectivity index (χ1) is 9.97. The Morgan fingerprint density at radius 1 is 1.24 bits per heavy atom. The summed E-state index contributed by atoms with van der Waals surface area (Å²) in [6.45, 7) is 0. The molecule has 0 unspecified atom stereocenters. The van der Waals surface area contributed by atoms with E-state index in [2.05, 4.69) is 33.1 Å². The molecule has 108 valence electrons. The van der Waals surface area contributed by atoms with Crippen LogP contribution in [0.2, 0.25) is 0 Å².